The van der Waals surface area contributed by atoms with E-state index < -0.39 is 0 Å². The number of likely N-dealkylation sites (tertiary alicyclic amines) is 1. The summed E-state index contributed by atoms with van der Waals surface area (Å²) < 4.78 is 0.991. The molecule has 0 atom stereocenters. The molecule has 35 heavy (non-hydrogen) atoms. The summed E-state index contributed by atoms with van der Waals surface area (Å²) in [5, 5.41) is 6.13. The van der Waals surface area contributed by atoms with Crippen LogP contribution >= 0.6 is 15.9 Å². The van der Waals surface area contributed by atoms with Crippen molar-refractivity contribution in [2.24, 2.45) is 0 Å². The highest BCUT2D eigenvalue weighted by atomic mass is 79.9. The van der Waals surface area contributed by atoms with E-state index in [4.69, 9.17) is 0 Å². The zero-order valence-electron chi connectivity index (χ0n) is 20.2. The van der Waals surface area contributed by atoms with Crippen LogP contribution in [0.4, 0.5) is 5.69 Å². The van der Waals surface area contributed by atoms with Crippen LogP contribution in [-0.2, 0) is 9.59 Å². The Bertz CT molecular complexity index is 1300. The Morgan fingerprint density at radius 2 is 1.91 bits per heavy atom. The van der Waals surface area contributed by atoms with E-state index in [1.807, 2.05) is 50.3 Å². The molecule has 0 spiro atoms. The molecule has 1 aliphatic carbocycles. The van der Waals surface area contributed by atoms with Crippen LogP contribution in [0.2, 0.25) is 0 Å². The van der Waals surface area contributed by atoms with Gasteiger partial charge in [0.05, 0.1) is 0 Å². The largest absolute Gasteiger partial charge is 0.351 e. The average molecular weight is 532 g/mol. The van der Waals surface area contributed by atoms with Gasteiger partial charge in [-0.15, -0.1) is 0 Å². The second-order valence-corrected chi connectivity index (χ2v) is 10.5. The van der Waals surface area contributed by atoms with Crippen LogP contribution in [0.25, 0.3) is 16.7 Å². The van der Waals surface area contributed by atoms with E-state index >= 15 is 0 Å². The molecule has 0 radical (unpaired) electrons. The first-order valence-electron chi connectivity index (χ1n) is 12.2. The predicted octanol–water partition coefficient (Wildman–Crippen LogP) is 5.70. The summed E-state index contributed by atoms with van der Waals surface area (Å²) in [7, 11) is 0. The standard InChI is InChI=1S/C29H30BrN3O2/c1-18-15-21(19(2)26(18)29(35)31-11-14-33-12-3-4-13-33)17-24-27-23(20-7-5-8-22(30)16-20)9-6-10-25(27)32-28(24)34/h5-10,16-17H,3-4,11-15H2,1-2H3,(H,31,35)(H,32,34). The van der Waals surface area contributed by atoms with Crippen molar-refractivity contribution in [2.75, 3.05) is 31.5 Å². The molecule has 180 valence electrons. The van der Waals surface area contributed by atoms with Gasteiger partial charge in [0.25, 0.3) is 11.8 Å². The second kappa shape index (κ2) is 9.96. The number of carbonyl (C=O) groups excluding carboxylic acids is 2. The van der Waals surface area contributed by atoms with Crippen molar-refractivity contribution in [3.8, 4) is 11.1 Å². The minimum absolute atomic E-state index is 0.0151. The zero-order valence-corrected chi connectivity index (χ0v) is 21.8. The number of amides is 2. The van der Waals surface area contributed by atoms with E-state index in [1.165, 1.54) is 12.8 Å². The summed E-state index contributed by atoms with van der Waals surface area (Å²) in [4.78, 5) is 28.5. The van der Waals surface area contributed by atoms with Gasteiger partial charge in [-0.3, -0.25) is 9.59 Å². The van der Waals surface area contributed by atoms with Crippen LogP contribution < -0.4 is 10.6 Å². The molecule has 6 heteroatoms. The third-order valence-electron chi connectivity index (χ3n) is 7.16. The van der Waals surface area contributed by atoms with Crippen molar-refractivity contribution in [3.05, 3.63) is 80.9 Å². The molecule has 1 fully saturated rings. The SMILES string of the molecule is CC1=C(C(=O)NCCN2CCCC2)C(C)=C(C=C2C(=O)Nc3cccc(-c4cccc(Br)c4)c32)C1. The number of hydrogen-bond acceptors (Lipinski definition) is 3. The summed E-state index contributed by atoms with van der Waals surface area (Å²) in [6, 6.07) is 14.1. The zero-order chi connectivity index (χ0) is 24.5. The lowest BCUT2D eigenvalue weighted by Crippen LogP contribution is -2.34. The number of nitrogens with zero attached hydrogens (tertiary/aromatic N) is 1. The van der Waals surface area contributed by atoms with E-state index in [0.717, 1.165) is 68.8 Å². The lowest BCUT2D eigenvalue weighted by atomic mass is 9.93. The van der Waals surface area contributed by atoms with Gasteiger partial charge in [-0.25, -0.2) is 0 Å². The third kappa shape index (κ3) is 4.78. The highest BCUT2D eigenvalue weighted by Crippen LogP contribution is 2.42. The van der Waals surface area contributed by atoms with E-state index in [9.17, 15) is 9.59 Å². The maximum absolute atomic E-state index is 13.0. The number of carbonyl (C=O) groups is 2. The number of allylic oxidation sites excluding steroid dienone is 3. The van der Waals surface area contributed by atoms with Gasteiger partial charge in [-0.2, -0.15) is 0 Å². The summed E-state index contributed by atoms with van der Waals surface area (Å²) in [6.07, 6.45) is 5.15. The maximum Gasteiger partial charge on any atom is 0.256 e. The average Bonchev–Trinajstić information content (AvgIpc) is 3.52. The van der Waals surface area contributed by atoms with Crippen molar-refractivity contribution in [1.29, 1.82) is 0 Å². The summed E-state index contributed by atoms with van der Waals surface area (Å²) in [5.74, 6) is -0.123. The molecular weight excluding hydrogens is 502 g/mol. The van der Waals surface area contributed by atoms with Crippen molar-refractivity contribution < 1.29 is 9.59 Å². The number of benzene rings is 2. The number of hydrogen-bond donors (Lipinski definition) is 2. The van der Waals surface area contributed by atoms with Gasteiger partial charge in [-0.05, 0) is 92.7 Å². The van der Waals surface area contributed by atoms with Gasteiger partial charge in [-0.1, -0.05) is 45.8 Å². The minimum atomic E-state index is -0.107. The van der Waals surface area contributed by atoms with E-state index in [0.29, 0.717) is 18.5 Å². The molecule has 0 aromatic heterocycles. The Balaban J connectivity index is 1.42. The van der Waals surface area contributed by atoms with Crippen LogP contribution in [0.3, 0.4) is 0 Å². The number of halogens is 1. The molecule has 2 aromatic carbocycles. The molecule has 2 aliphatic heterocycles. The van der Waals surface area contributed by atoms with Crippen molar-refractivity contribution in [1.82, 2.24) is 10.2 Å². The second-order valence-electron chi connectivity index (χ2n) is 9.54. The summed E-state index contributed by atoms with van der Waals surface area (Å²) >= 11 is 3.56. The quantitative estimate of drug-likeness (QED) is 0.470. The lowest BCUT2D eigenvalue weighted by molar-refractivity contribution is -0.117. The molecule has 2 heterocycles. The molecule has 0 bridgehead atoms. The van der Waals surface area contributed by atoms with Crippen molar-refractivity contribution in [3.63, 3.8) is 0 Å². The van der Waals surface area contributed by atoms with Crippen LogP contribution in [-0.4, -0.2) is 42.9 Å². The normalized spacial score (nSPS) is 19.1. The predicted molar refractivity (Wildman–Crippen MR) is 145 cm³/mol. The highest BCUT2D eigenvalue weighted by molar-refractivity contribution is 9.10. The molecule has 2 N–H and O–H groups in total. The molecular formula is C29H30BrN3O2. The first-order valence-corrected chi connectivity index (χ1v) is 13.0. The Morgan fingerprint density at radius 3 is 2.69 bits per heavy atom. The number of anilines is 1. The van der Waals surface area contributed by atoms with E-state index in [2.05, 4.69) is 43.6 Å². The van der Waals surface area contributed by atoms with Gasteiger partial charge >= 0.3 is 0 Å². The van der Waals surface area contributed by atoms with Crippen LogP contribution in [0.5, 0.6) is 0 Å². The molecule has 0 unspecified atom stereocenters. The molecule has 2 aromatic rings. The number of fused-ring (bicyclic) bond motifs is 1. The fourth-order valence-electron chi connectivity index (χ4n) is 5.39. The first-order chi connectivity index (χ1) is 16.9. The fourth-order valence-corrected chi connectivity index (χ4v) is 5.79. The van der Waals surface area contributed by atoms with E-state index in [-0.39, 0.29) is 11.8 Å². The lowest BCUT2D eigenvalue weighted by Gasteiger charge is -2.15. The van der Waals surface area contributed by atoms with Crippen molar-refractivity contribution in [2.45, 2.75) is 33.1 Å². The monoisotopic (exact) mass is 531 g/mol. The Kier molecular flexibility index (Phi) is 6.76. The Morgan fingerprint density at radius 1 is 1.14 bits per heavy atom. The Labute approximate surface area is 215 Å². The molecule has 0 saturated carbocycles. The van der Waals surface area contributed by atoms with Crippen LogP contribution in [0.15, 0.2) is 75.3 Å². The van der Waals surface area contributed by atoms with Gasteiger partial charge in [0.15, 0.2) is 0 Å². The first kappa shape index (κ1) is 23.8. The maximum atomic E-state index is 13.0. The van der Waals surface area contributed by atoms with Crippen LogP contribution in [0.1, 0.15) is 38.7 Å². The Hall–Kier alpha value is -2.96. The van der Waals surface area contributed by atoms with Gasteiger partial charge in [0.2, 0.25) is 0 Å². The highest BCUT2D eigenvalue weighted by Gasteiger charge is 2.30. The summed E-state index contributed by atoms with van der Waals surface area (Å²) in [6.45, 7) is 7.81. The number of nitrogens with one attached hydrogen (secondary N) is 2. The summed E-state index contributed by atoms with van der Waals surface area (Å²) in [5.41, 5.74) is 8.22. The van der Waals surface area contributed by atoms with E-state index in [1.54, 1.807) is 0 Å². The van der Waals surface area contributed by atoms with Gasteiger partial charge in [0.1, 0.15) is 0 Å². The molecule has 3 aliphatic rings. The molecule has 2 amide bonds. The minimum Gasteiger partial charge on any atom is -0.351 e. The fraction of sp³-hybridized carbons (Fsp3) is 0.310. The van der Waals surface area contributed by atoms with Gasteiger partial charge < -0.3 is 15.5 Å². The molecule has 5 rings (SSSR count). The van der Waals surface area contributed by atoms with Crippen molar-refractivity contribution >= 4 is 39.0 Å². The topological polar surface area (TPSA) is 61.4 Å². The van der Waals surface area contributed by atoms with Crippen LogP contribution in [0, 0.1) is 0 Å². The molecule has 5 nitrogen and oxygen atoms in total. The third-order valence-corrected chi connectivity index (χ3v) is 7.65. The number of rotatable bonds is 6. The molecule has 1 saturated heterocycles. The smallest absolute Gasteiger partial charge is 0.256 e. The van der Waals surface area contributed by atoms with Gasteiger partial charge in [0, 0.05) is 40.0 Å².